The van der Waals surface area contributed by atoms with Gasteiger partial charge < -0.3 is 15.0 Å². The number of carbonyl (C=O) groups is 3. The van der Waals surface area contributed by atoms with Crippen molar-refractivity contribution in [2.24, 2.45) is 0 Å². The Morgan fingerprint density at radius 3 is 2.50 bits per heavy atom. The zero-order valence-electron chi connectivity index (χ0n) is 14.8. The van der Waals surface area contributed by atoms with Crippen LogP contribution in [0.4, 0.5) is 5.69 Å². The van der Waals surface area contributed by atoms with Crippen molar-refractivity contribution in [1.82, 2.24) is 9.88 Å². The molecule has 2 rings (SSSR count). The highest BCUT2D eigenvalue weighted by atomic mass is 16.5. The van der Waals surface area contributed by atoms with E-state index in [0.717, 1.165) is 0 Å². The molecule has 26 heavy (non-hydrogen) atoms. The van der Waals surface area contributed by atoms with Crippen LogP contribution in [0, 0.1) is 0 Å². The number of ether oxygens (including phenoxy) is 1. The second kappa shape index (κ2) is 9.31. The van der Waals surface area contributed by atoms with Crippen LogP contribution in [0.5, 0.6) is 0 Å². The van der Waals surface area contributed by atoms with Crippen LogP contribution in [-0.4, -0.2) is 47.4 Å². The first-order valence-corrected chi connectivity index (χ1v) is 8.32. The predicted octanol–water partition coefficient (Wildman–Crippen LogP) is 2.36. The van der Waals surface area contributed by atoms with Crippen LogP contribution in [0.3, 0.4) is 0 Å². The molecular formula is C19H21N3O4. The van der Waals surface area contributed by atoms with Crippen molar-refractivity contribution >= 4 is 23.5 Å². The Kier molecular flexibility index (Phi) is 6.84. The first-order valence-electron chi connectivity index (χ1n) is 8.32. The molecule has 1 aromatic heterocycles. The minimum atomic E-state index is -0.675. The molecule has 0 fully saturated rings. The van der Waals surface area contributed by atoms with Crippen molar-refractivity contribution in [2.75, 3.05) is 25.0 Å². The molecule has 1 aromatic carbocycles. The molecule has 1 heterocycles. The van der Waals surface area contributed by atoms with E-state index in [9.17, 15) is 14.4 Å². The van der Waals surface area contributed by atoms with E-state index in [1.165, 1.54) is 12.3 Å². The van der Waals surface area contributed by atoms with Gasteiger partial charge in [-0.05, 0) is 44.2 Å². The normalized spacial score (nSPS) is 10.1. The lowest BCUT2D eigenvalue weighted by molar-refractivity contribution is -0.119. The minimum absolute atomic E-state index is 0.104. The van der Waals surface area contributed by atoms with Crippen LogP contribution in [0.15, 0.2) is 48.7 Å². The standard InChI is InChI=1S/C19H21N3O4/c1-3-22(4-2)18(24)14-8-7-9-15(12-14)21-17(23)13-26-19(25)16-10-5-6-11-20-16/h5-12H,3-4,13H2,1-2H3,(H,21,23). The average molecular weight is 355 g/mol. The maximum atomic E-state index is 12.4. The lowest BCUT2D eigenvalue weighted by atomic mass is 10.1. The molecule has 2 amide bonds. The topological polar surface area (TPSA) is 88.6 Å². The lowest BCUT2D eigenvalue weighted by Crippen LogP contribution is -2.30. The number of rotatable bonds is 7. The van der Waals surface area contributed by atoms with E-state index in [1.807, 2.05) is 13.8 Å². The van der Waals surface area contributed by atoms with E-state index < -0.39 is 18.5 Å². The fourth-order valence-corrected chi connectivity index (χ4v) is 2.31. The van der Waals surface area contributed by atoms with Gasteiger partial charge in [0.1, 0.15) is 5.69 Å². The van der Waals surface area contributed by atoms with Crippen molar-refractivity contribution in [3.05, 3.63) is 59.9 Å². The maximum absolute atomic E-state index is 12.4. The average Bonchev–Trinajstić information content (AvgIpc) is 2.68. The quantitative estimate of drug-likeness (QED) is 0.770. The highest BCUT2D eigenvalue weighted by Crippen LogP contribution is 2.13. The van der Waals surface area contributed by atoms with Crippen LogP contribution < -0.4 is 5.32 Å². The Labute approximate surface area is 152 Å². The third-order valence-electron chi connectivity index (χ3n) is 3.65. The number of nitrogens with one attached hydrogen (secondary N) is 1. The zero-order chi connectivity index (χ0) is 18.9. The summed E-state index contributed by atoms with van der Waals surface area (Å²) >= 11 is 0. The fraction of sp³-hybridized carbons (Fsp3) is 0.263. The number of hydrogen-bond donors (Lipinski definition) is 1. The summed E-state index contributed by atoms with van der Waals surface area (Å²) in [6, 6.07) is 11.5. The first-order chi connectivity index (χ1) is 12.5. The van der Waals surface area contributed by atoms with Gasteiger partial charge >= 0.3 is 5.97 Å². The van der Waals surface area contributed by atoms with Crippen LogP contribution in [0.25, 0.3) is 0 Å². The minimum Gasteiger partial charge on any atom is -0.451 e. The third-order valence-corrected chi connectivity index (χ3v) is 3.65. The molecule has 0 aliphatic heterocycles. The Morgan fingerprint density at radius 1 is 1.08 bits per heavy atom. The number of amides is 2. The summed E-state index contributed by atoms with van der Waals surface area (Å²) in [5, 5.41) is 2.61. The predicted molar refractivity (Wildman–Crippen MR) is 96.8 cm³/mol. The molecule has 0 saturated carbocycles. The molecule has 0 atom stereocenters. The molecule has 7 nitrogen and oxygen atoms in total. The fourth-order valence-electron chi connectivity index (χ4n) is 2.31. The number of esters is 1. The zero-order valence-corrected chi connectivity index (χ0v) is 14.8. The number of pyridine rings is 1. The number of hydrogen-bond acceptors (Lipinski definition) is 5. The van der Waals surface area contributed by atoms with Gasteiger partial charge in [0.05, 0.1) is 0 Å². The summed E-state index contributed by atoms with van der Waals surface area (Å²) < 4.78 is 4.92. The van der Waals surface area contributed by atoms with Gasteiger partial charge in [-0.15, -0.1) is 0 Å². The van der Waals surface area contributed by atoms with Crippen LogP contribution in [0.1, 0.15) is 34.7 Å². The van der Waals surface area contributed by atoms with Crippen LogP contribution in [0.2, 0.25) is 0 Å². The lowest BCUT2D eigenvalue weighted by Gasteiger charge is -2.19. The van der Waals surface area contributed by atoms with Crippen LogP contribution >= 0.6 is 0 Å². The van der Waals surface area contributed by atoms with Gasteiger partial charge in [-0.2, -0.15) is 0 Å². The van der Waals surface area contributed by atoms with E-state index in [0.29, 0.717) is 24.3 Å². The van der Waals surface area contributed by atoms with E-state index in [-0.39, 0.29) is 11.6 Å². The molecule has 0 spiro atoms. The van der Waals surface area contributed by atoms with Gasteiger partial charge in [0.25, 0.3) is 11.8 Å². The van der Waals surface area contributed by atoms with Gasteiger partial charge in [-0.25, -0.2) is 9.78 Å². The van der Waals surface area contributed by atoms with Crippen molar-refractivity contribution in [3.8, 4) is 0 Å². The SMILES string of the molecule is CCN(CC)C(=O)c1cccc(NC(=O)COC(=O)c2ccccn2)c1. The smallest absolute Gasteiger partial charge is 0.357 e. The molecule has 0 aliphatic rings. The summed E-state index contributed by atoms with van der Waals surface area (Å²) in [5.41, 5.74) is 1.07. The number of carbonyl (C=O) groups excluding carboxylic acids is 3. The van der Waals surface area contributed by atoms with E-state index in [4.69, 9.17) is 4.74 Å². The molecule has 2 aromatic rings. The molecule has 0 radical (unpaired) electrons. The van der Waals surface area contributed by atoms with Gasteiger partial charge in [-0.3, -0.25) is 9.59 Å². The maximum Gasteiger partial charge on any atom is 0.357 e. The van der Waals surface area contributed by atoms with Crippen LogP contribution in [-0.2, 0) is 9.53 Å². The summed E-state index contributed by atoms with van der Waals surface area (Å²) in [5.74, 6) is -1.28. The summed E-state index contributed by atoms with van der Waals surface area (Å²) in [7, 11) is 0. The highest BCUT2D eigenvalue weighted by Gasteiger charge is 2.14. The van der Waals surface area contributed by atoms with E-state index >= 15 is 0 Å². The highest BCUT2D eigenvalue weighted by molar-refractivity contribution is 5.98. The Balaban J connectivity index is 1.94. The molecule has 0 aliphatic carbocycles. The Bertz CT molecular complexity index is 773. The van der Waals surface area contributed by atoms with Gasteiger partial charge in [0.15, 0.2) is 6.61 Å². The molecule has 7 heteroatoms. The van der Waals surface area contributed by atoms with Crippen molar-refractivity contribution in [1.29, 1.82) is 0 Å². The van der Waals surface area contributed by atoms with Crippen molar-refractivity contribution in [3.63, 3.8) is 0 Å². The summed E-state index contributed by atoms with van der Waals surface area (Å²) in [4.78, 5) is 41.6. The molecule has 0 unspecified atom stereocenters. The second-order valence-corrected chi connectivity index (χ2v) is 5.40. The second-order valence-electron chi connectivity index (χ2n) is 5.40. The van der Waals surface area contributed by atoms with Crippen molar-refractivity contribution < 1.29 is 19.1 Å². The monoisotopic (exact) mass is 355 g/mol. The molecule has 0 bridgehead atoms. The molecular weight excluding hydrogens is 334 g/mol. The molecule has 0 saturated heterocycles. The van der Waals surface area contributed by atoms with E-state index in [1.54, 1.807) is 41.3 Å². The van der Waals surface area contributed by atoms with Gasteiger partial charge in [0, 0.05) is 30.5 Å². The summed E-state index contributed by atoms with van der Waals surface area (Å²) in [6.45, 7) is 4.58. The van der Waals surface area contributed by atoms with E-state index in [2.05, 4.69) is 10.3 Å². The summed E-state index contributed by atoms with van der Waals surface area (Å²) in [6.07, 6.45) is 1.47. The van der Waals surface area contributed by atoms with Gasteiger partial charge in [0.2, 0.25) is 0 Å². The largest absolute Gasteiger partial charge is 0.451 e. The Morgan fingerprint density at radius 2 is 1.85 bits per heavy atom. The molecule has 136 valence electrons. The number of aromatic nitrogens is 1. The Hall–Kier alpha value is -3.22. The number of anilines is 1. The number of nitrogens with zero attached hydrogens (tertiary/aromatic N) is 2. The van der Waals surface area contributed by atoms with Crippen molar-refractivity contribution in [2.45, 2.75) is 13.8 Å². The third kappa shape index (κ3) is 5.14. The van der Waals surface area contributed by atoms with Gasteiger partial charge in [-0.1, -0.05) is 12.1 Å². The first kappa shape index (κ1) is 19.1. The molecule has 1 N–H and O–H groups in total. The number of benzene rings is 1.